The number of H-pyrrole nitrogens is 1. The molecule has 0 fully saturated rings. The van der Waals surface area contributed by atoms with E-state index in [-0.39, 0.29) is 5.56 Å². The molecule has 0 saturated carbocycles. The molecule has 1 aromatic carbocycles. The first-order valence-corrected chi connectivity index (χ1v) is 6.45. The number of aromatic amines is 1. The minimum Gasteiger partial charge on any atom is -0.358 e. The summed E-state index contributed by atoms with van der Waals surface area (Å²) in [6.07, 6.45) is 0. The molecule has 17 heavy (non-hydrogen) atoms. The number of carbonyl (C=O) groups is 1. The first kappa shape index (κ1) is 11.9. The number of hydrogen-bond acceptors (Lipinski definition) is 2. The summed E-state index contributed by atoms with van der Waals surface area (Å²) in [6.45, 7) is 1.68. The number of hydrogen-bond donors (Lipinski definition) is 4. The lowest BCUT2D eigenvalue weighted by Crippen LogP contribution is -2.20. The van der Waals surface area contributed by atoms with Crippen LogP contribution in [0.3, 0.4) is 0 Å². The van der Waals surface area contributed by atoms with Crippen molar-refractivity contribution in [2.75, 3.05) is 0 Å². The molecular weight excluding hydrogens is 243 g/mol. The van der Waals surface area contributed by atoms with Crippen molar-refractivity contribution in [1.82, 2.24) is 10.1 Å². The van der Waals surface area contributed by atoms with Gasteiger partial charge in [0.25, 0.3) is 5.91 Å². The topological polar surface area (TPSA) is 102 Å². The van der Waals surface area contributed by atoms with E-state index in [0.717, 1.165) is 5.52 Å². The minimum absolute atomic E-state index is 0.254. The number of rotatable bonds is 2. The van der Waals surface area contributed by atoms with Crippen molar-refractivity contribution in [2.45, 2.75) is 6.92 Å². The van der Waals surface area contributed by atoms with Gasteiger partial charge in [-0.25, -0.2) is 4.57 Å². The Labute approximate surface area is 96.9 Å². The van der Waals surface area contributed by atoms with Gasteiger partial charge in [0, 0.05) is 16.6 Å². The molecule has 1 amide bonds. The van der Waals surface area contributed by atoms with Gasteiger partial charge in [-0.1, -0.05) is 18.2 Å². The molecule has 6 nitrogen and oxygen atoms in total. The fraction of sp³-hybridized carbons (Fsp3) is 0.100. The number of nitrogens with one attached hydrogen (secondary N) is 2. The number of fused-ring (bicyclic) bond motifs is 1. The molecule has 0 aliphatic carbocycles. The molecule has 2 aromatic rings. The van der Waals surface area contributed by atoms with Crippen molar-refractivity contribution >= 4 is 24.6 Å². The van der Waals surface area contributed by atoms with E-state index >= 15 is 0 Å². The fourth-order valence-electron chi connectivity index (χ4n) is 1.76. The molecule has 0 atom stereocenters. The fourth-order valence-corrected chi connectivity index (χ4v) is 2.13. The summed E-state index contributed by atoms with van der Waals surface area (Å²) in [5.41, 5.74) is 1.57. The highest BCUT2D eigenvalue weighted by Crippen LogP contribution is 2.30. The average molecular weight is 254 g/mol. The minimum atomic E-state index is -4.57. The van der Waals surface area contributed by atoms with Gasteiger partial charge in [-0.05, 0) is 13.0 Å². The third-order valence-corrected chi connectivity index (χ3v) is 2.86. The summed E-state index contributed by atoms with van der Waals surface area (Å²) in [7, 11) is -4.57. The summed E-state index contributed by atoms with van der Waals surface area (Å²) < 4.78 is 10.7. The van der Waals surface area contributed by atoms with Crippen LogP contribution in [0.4, 0.5) is 0 Å². The highest BCUT2D eigenvalue weighted by molar-refractivity contribution is 7.50. The summed E-state index contributed by atoms with van der Waals surface area (Å²) >= 11 is 0. The van der Waals surface area contributed by atoms with Crippen LogP contribution in [-0.2, 0) is 4.57 Å². The Hall–Kier alpha value is -1.62. The van der Waals surface area contributed by atoms with E-state index in [0.29, 0.717) is 11.1 Å². The molecule has 0 aliphatic heterocycles. The molecule has 1 aromatic heterocycles. The van der Waals surface area contributed by atoms with E-state index in [1.54, 1.807) is 30.2 Å². The number of benzene rings is 1. The third-order valence-electron chi connectivity index (χ3n) is 2.37. The van der Waals surface area contributed by atoms with Crippen molar-refractivity contribution in [3.63, 3.8) is 0 Å². The Morgan fingerprint density at radius 2 is 2.00 bits per heavy atom. The maximum absolute atomic E-state index is 11.7. The van der Waals surface area contributed by atoms with Crippen molar-refractivity contribution < 1.29 is 19.1 Å². The largest absolute Gasteiger partial charge is 0.430 e. The molecule has 0 radical (unpaired) electrons. The molecular formula is C10H11N2O4P. The Bertz CT molecular complexity index is 628. The van der Waals surface area contributed by atoms with Crippen LogP contribution in [0.5, 0.6) is 0 Å². The van der Waals surface area contributed by atoms with Gasteiger partial charge in [-0.15, -0.1) is 0 Å². The van der Waals surface area contributed by atoms with Crippen LogP contribution < -0.4 is 5.09 Å². The molecule has 0 aliphatic rings. The lowest BCUT2D eigenvalue weighted by atomic mass is 10.1. The SMILES string of the molecule is Cc1[nH]c2ccccc2c1C(=O)NP(=O)(O)O. The standard InChI is InChI=1S/C10H11N2O4P/c1-6-9(10(13)12-17(14,15)16)7-4-2-3-5-8(7)11-6/h2-5,11H,1H3,(H3,12,13,14,15,16). The predicted molar refractivity (Wildman–Crippen MR) is 62.5 cm³/mol. The molecule has 0 saturated heterocycles. The normalized spacial score (nSPS) is 11.7. The highest BCUT2D eigenvalue weighted by atomic mass is 31.2. The first-order chi connectivity index (χ1) is 7.88. The molecule has 90 valence electrons. The maximum Gasteiger partial charge on any atom is 0.430 e. The second-order valence-corrected chi connectivity index (χ2v) is 4.97. The quantitative estimate of drug-likeness (QED) is 0.606. The van der Waals surface area contributed by atoms with Crippen LogP contribution in [0.2, 0.25) is 0 Å². The Kier molecular flexibility index (Phi) is 2.79. The van der Waals surface area contributed by atoms with Gasteiger partial charge in [0.05, 0.1) is 5.56 Å². The van der Waals surface area contributed by atoms with E-state index in [1.165, 1.54) is 0 Å². The average Bonchev–Trinajstić information content (AvgIpc) is 2.50. The van der Waals surface area contributed by atoms with E-state index in [9.17, 15) is 9.36 Å². The Balaban J connectivity index is 2.52. The number of aryl methyl sites for hydroxylation is 1. The molecule has 0 spiro atoms. The van der Waals surface area contributed by atoms with Crippen LogP contribution in [0.15, 0.2) is 24.3 Å². The van der Waals surface area contributed by atoms with Gasteiger partial charge in [-0.3, -0.25) is 9.88 Å². The van der Waals surface area contributed by atoms with Crippen molar-refractivity contribution in [3.05, 3.63) is 35.5 Å². The van der Waals surface area contributed by atoms with Gasteiger partial charge in [-0.2, -0.15) is 0 Å². The summed E-state index contributed by atoms with van der Waals surface area (Å²) in [6, 6.07) is 7.07. The van der Waals surface area contributed by atoms with Crippen molar-refractivity contribution in [3.8, 4) is 0 Å². The van der Waals surface area contributed by atoms with Gasteiger partial charge in [0.1, 0.15) is 0 Å². The van der Waals surface area contributed by atoms with Crippen LogP contribution in [-0.4, -0.2) is 20.7 Å². The predicted octanol–water partition coefficient (Wildman–Crippen LogP) is 1.30. The van der Waals surface area contributed by atoms with Gasteiger partial charge >= 0.3 is 7.75 Å². The van der Waals surface area contributed by atoms with Crippen molar-refractivity contribution in [1.29, 1.82) is 0 Å². The van der Waals surface area contributed by atoms with Crippen molar-refractivity contribution in [2.24, 2.45) is 0 Å². The molecule has 0 bridgehead atoms. The van der Waals surface area contributed by atoms with Crippen LogP contribution >= 0.6 is 7.75 Å². The number of aromatic nitrogens is 1. The number of amides is 1. The van der Waals surface area contributed by atoms with Crippen LogP contribution in [0.1, 0.15) is 16.1 Å². The van der Waals surface area contributed by atoms with E-state index < -0.39 is 13.7 Å². The molecule has 2 rings (SSSR count). The van der Waals surface area contributed by atoms with Gasteiger partial charge in [0.2, 0.25) is 0 Å². The summed E-state index contributed by atoms with van der Waals surface area (Å²) in [5.74, 6) is -0.784. The first-order valence-electron chi connectivity index (χ1n) is 4.84. The zero-order chi connectivity index (χ0) is 12.6. The second kappa shape index (κ2) is 4.00. The smallest absolute Gasteiger partial charge is 0.358 e. The lowest BCUT2D eigenvalue weighted by Gasteiger charge is -2.06. The molecule has 4 N–H and O–H groups in total. The summed E-state index contributed by atoms with van der Waals surface area (Å²) in [5, 5.41) is 2.30. The number of carbonyl (C=O) groups excluding carboxylic acids is 1. The number of para-hydroxylation sites is 1. The van der Waals surface area contributed by atoms with E-state index in [4.69, 9.17) is 9.79 Å². The third kappa shape index (κ3) is 2.39. The molecule has 0 unspecified atom stereocenters. The van der Waals surface area contributed by atoms with E-state index in [2.05, 4.69) is 4.98 Å². The monoisotopic (exact) mass is 254 g/mol. The zero-order valence-electron chi connectivity index (χ0n) is 8.97. The Morgan fingerprint density at radius 3 is 2.65 bits per heavy atom. The molecule has 1 heterocycles. The molecule has 7 heteroatoms. The second-order valence-electron chi connectivity index (χ2n) is 3.66. The van der Waals surface area contributed by atoms with Gasteiger partial charge in [0.15, 0.2) is 0 Å². The van der Waals surface area contributed by atoms with Crippen LogP contribution in [0, 0.1) is 6.92 Å². The maximum atomic E-state index is 11.7. The van der Waals surface area contributed by atoms with Crippen LogP contribution in [0.25, 0.3) is 10.9 Å². The lowest BCUT2D eigenvalue weighted by molar-refractivity contribution is 0.0973. The summed E-state index contributed by atoms with van der Waals surface area (Å²) in [4.78, 5) is 32.2. The Morgan fingerprint density at radius 1 is 1.35 bits per heavy atom. The van der Waals surface area contributed by atoms with E-state index in [1.807, 2.05) is 6.07 Å². The van der Waals surface area contributed by atoms with Gasteiger partial charge < -0.3 is 14.8 Å². The zero-order valence-corrected chi connectivity index (χ0v) is 9.86. The highest BCUT2D eigenvalue weighted by Gasteiger charge is 2.22.